The van der Waals surface area contributed by atoms with Gasteiger partial charge in [0, 0.05) is 12.6 Å². The van der Waals surface area contributed by atoms with E-state index in [4.69, 9.17) is 0 Å². The molecule has 0 saturated carbocycles. The van der Waals surface area contributed by atoms with E-state index in [-0.39, 0.29) is 0 Å². The number of guanidine groups is 1. The number of rotatable bonds is 3. The third-order valence-corrected chi connectivity index (χ3v) is 2.89. The Morgan fingerprint density at radius 2 is 2.00 bits per heavy atom. The van der Waals surface area contributed by atoms with Crippen molar-refractivity contribution in [3.63, 3.8) is 0 Å². The molecule has 3 heteroatoms. The van der Waals surface area contributed by atoms with Crippen LogP contribution in [0.3, 0.4) is 0 Å². The van der Waals surface area contributed by atoms with Crippen LogP contribution >= 0.6 is 0 Å². The molecule has 0 aromatic heterocycles. The summed E-state index contributed by atoms with van der Waals surface area (Å²) in [6.45, 7) is 8.25. The molecule has 3 nitrogen and oxygen atoms in total. The summed E-state index contributed by atoms with van der Waals surface area (Å²) in [6, 6.07) is 7.18. The molecule has 0 amide bonds. The zero-order valence-corrected chi connectivity index (χ0v) is 10.9. The first kappa shape index (κ1) is 12.0. The van der Waals surface area contributed by atoms with Crippen LogP contribution in [0.5, 0.6) is 0 Å². The molecule has 1 aromatic rings. The summed E-state index contributed by atoms with van der Waals surface area (Å²) >= 11 is 0. The van der Waals surface area contributed by atoms with Crippen LogP contribution in [0, 0.1) is 13.8 Å². The number of benzene rings is 1. The Balaban J connectivity index is 1.82. The first-order chi connectivity index (χ1) is 8.13. The zero-order valence-electron chi connectivity index (χ0n) is 10.9. The molecule has 1 aliphatic rings. The van der Waals surface area contributed by atoms with Gasteiger partial charge >= 0.3 is 0 Å². The zero-order chi connectivity index (χ0) is 12.3. The highest BCUT2D eigenvalue weighted by atomic mass is 15.2. The lowest BCUT2D eigenvalue weighted by molar-refractivity contribution is 0.712. The summed E-state index contributed by atoms with van der Waals surface area (Å²) in [5.74, 6) is 0.946. The van der Waals surface area contributed by atoms with E-state index in [1.54, 1.807) is 0 Å². The molecular weight excluding hydrogens is 210 g/mol. The smallest absolute Gasteiger partial charge is 0.191 e. The minimum Gasteiger partial charge on any atom is -0.356 e. The summed E-state index contributed by atoms with van der Waals surface area (Å²) in [6.07, 6.45) is 1.04. The van der Waals surface area contributed by atoms with E-state index in [0.29, 0.717) is 6.04 Å². The molecule has 2 N–H and O–H groups in total. The second-order valence-corrected chi connectivity index (χ2v) is 4.91. The van der Waals surface area contributed by atoms with Crippen molar-refractivity contribution in [2.45, 2.75) is 33.2 Å². The first-order valence-electron chi connectivity index (χ1n) is 6.25. The highest BCUT2D eigenvalue weighted by molar-refractivity contribution is 5.81. The van der Waals surface area contributed by atoms with Crippen molar-refractivity contribution in [2.75, 3.05) is 13.1 Å². The Bertz CT molecular complexity index is 403. The fraction of sp³-hybridized carbons (Fsp3) is 0.500. The number of hydrogen-bond acceptors (Lipinski definition) is 3. The summed E-state index contributed by atoms with van der Waals surface area (Å²) < 4.78 is 0. The van der Waals surface area contributed by atoms with Gasteiger partial charge in [-0.1, -0.05) is 29.3 Å². The summed E-state index contributed by atoms with van der Waals surface area (Å²) in [5.41, 5.74) is 4.07. The molecule has 0 fully saturated rings. The van der Waals surface area contributed by atoms with Gasteiger partial charge in [-0.25, -0.2) is 0 Å². The Kier molecular flexibility index (Phi) is 3.67. The monoisotopic (exact) mass is 231 g/mol. The molecule has 1 aromatic carbocycles. The van der Waals surface area contributed by atoms with Crippen molar-refractivity contribution in [2.24, 2.45) is 4.99 Å². The number of nitrogens with one attached hydrogen (secondary N) is 2. The second-order valence-electron chi connectivity index (χ2n) is 4.91. The molecule has 1 unspecified atom stereocenters. The standard InChI is InChI=1S/C14H21N3/c1-10-6-11(2)8-13(7-10)4-5-15-14-16-9-12(3)17-14/h6-8,12H,4-5,9H2,1-3H3,(H2,15,16,17). The lowest BCUT2D eigenvalue weighted by Gasteiger charge is -2.09. The average molecular weight is 231 g/mol. The van der Waals surface area contributed by atoms with Crippen molar-refractivity contribution in [1.29, 1.82) is 0 Å². The van der Waals surface area contributed by atoms with Crippen LogP contribution in [0.2, 0.25) is 0 Å². The van der Waals surface area contributed by atoms with Gasteiger partial charge in [0.15, 0.2) is 5.96 Å². The Morgan fingerprint density at radius 3 is 2.59 bits per heavy atom. The Hall–Kier alpha value is -1.51. The SMILES string of the molecule is Cc1cc(C)cc(CCNC2=NCC(C)N2)c1. The fourth-order valence-corrected chi connectivity index (χ4v) is 2.20. The van der Waals surface area contributed by atoms with E-state index < -0.39 is 0 Å². The van der Waals surface area contributed by atoms with Gasteiger partial charge in [-0.05, 0) is 32.8 Å². The Morgan fingerprint density at radius 1 is 1.29 bits per heavy atom. The minimum absolute atomic E-state index is 0.471. The van der Waals surface area contributed by atoms with Crippen LogP contribution in [0.25, 0.3) is 0 Å². The molecule has 0 saturated heterocycles. The third kappa shape index (κ3) is 3.48. The van der Waals surface area contributed by atoms with Gasteiger partial charge in [-0.3, -0.25) is 4.99 Å². The second kappa shape index (κ2) is 5.21. The van der Waals surface area contributed by atoms with E-state index in [9.17, 15) is 0 Å². The van der Waals surface area contributed by atoms with Crippen LogP contribution in [-0.2, 0) is 6.42 Å². The topological polar surface area (TPSA) is 36.4 Å². The molecule has 1 atom stereocenters. The third-order valence-electron chi connectivity index (χ3n) is 2.89. The lowest BCUT2D eigenvalue weighted by Crippen LogP contribution is -2.38. The largest absolute Gasteiger partial charge is 0.356 e. The van der Waals surface area contributed by atoms with Gasteiger partial charge in [-0.2, -0.15) is 0 Å². The van der Waals surface area contributed by atoms with Gasteiger partial charge in [0.05, 0.1) is 6.54 Å². The molecule has 2 rings (SSSR count). The van der Waals surface area contributed by atoms with Gasteiger partial charge in [-0.15, -0.1) is 0 Å². The van der Waals surface area contributed by atoms with Gasteiger partial charge < -0.3 is 10.6 Å². The van der Waals surface area contributed by atoms with E-state index in [0.717, 1.165) is 25.5 Å². The van der Waals surface area contributed by atoms with Crippen molar-refractivity contribution in [3.8, 4) is 0 Å². The van der Waals surface area contributed by atoms with Crippen molar-refractivity contribution in [1.82, 2.24) is 10.6 Å². The summed E-state index contributed by atoms with van der Waals surface area (Å²) in [4.78, 5) is 4.38. The maximum Gasteiger partial charge on any atom is 0.191 e. The predicted molar refractivity (Wildman–Crippen MR) is 72.5 cm³/mol. The minimum atomic E-state index is 0.471. The van der Waals surface area contributed by atoms with E-state index in [1.165, 1.54) is 16.7 Å². The van der Waals surface area contributed by atoms with Crippen LogP contribution in [0.4, 0.5) is 0 Å². The van der Waals surface area contributed by atoms with Crippen LogP contribution in [0.1, 0.15) is 23.6 Å². The maximum absolute atomic E-state index is 4.38. The molecule has 0 radical (unpaired) electrons. The Labute approximate surface area is 103 Å². The molecule has 1 heterocycles. The van der Waals surface area contributed by atoms with Gasteiger partial charge in [0.1, 0.15) is 0 Å². The quantitative estimate of drug-likeness (QED) is 0.832. The van der Waals surface area contributed by atoms with E-state index in [1.807, 2.05) is 0 Å². The normalized spacial score (nSPS) is 18.8. The predicted octanol–water partition coefficient (Wildman–Crippen LogP) is 1.78. The van der Waals surface area contributed by atoms with Gasteiger partial charge in [0.2, 0.25) is 0 Å². The van der Waals surface area contributed by atoms with Gasteiger partial charge in [0.25, 0.3) is 0 Å². The summed E-state index contributed by atoms with van der Waals surface area (Å²) in [7, 11) is 0. The van der Waals surface area contributed by atoms with Crippen molar-refractivity contribution < 1.29 is 0 Å². The van der Waals surface area contributed by atoms with Crippen LogP contribution < -0.4 is 10.6 Å². The first-order valence-corrected chi connectivity index (χ1v) is 6.25. The lowest BCUT2D eigenvalue weighted by atomic mass is 10.1. The maximum atomic E-state index is 4.38. The van der Waals surface area contributed by atoms with Crippen LogP contribution in [0.15, 0.2) is 23.2 Å². The number of nitrogens with zero attached hydrogens (tertiary/aromatic N) is 1. The number of aryl methyl sites for hydroxylation is 2. The van der Waals surface area contributed by atoms with E-state index in [2.05, 4.69) is 54.6 Å². The molecule has 0 aliphatic carbocycles. The van der Waals surface area contributed by atoms with E-state index >= 15 is 0 Å². The highest BCUT2D eigenvalue weighted by Crippen LogP contribution is 2.09. The number of aliphatic imine (C=N–C) groups is 1. The molecule has 92 valence electrons. The summed E-state index contributed by atoms with van der Waals surface area (Å²) in [5, 5.41) is 6.64. The highest BCUT2D eigenvalue weighted by Gasteiger charge is 2.10. The molecule has 17 heavy (non-hydrogen) atoms. The molecular formula is C14H21N3. The molecule has 1 aliphatic heterocycles. The average Bonchev–Trinajstić information content (AvgIpc) is 2.63. The molecule has 0 bridgehead atoms. The number of hydrogen-bond donors (Lipinski definition) is 2. The van der Waals surface area contributed by atoms with Crippen molar-refractivity contribution >= 4 is 5.96 Å². The van der Waals surface area contributed by atoms with Crippen LogP contribution in [-0.4, -0.2) is 25.1 Å². The fourth-order valence-electron chi connectivity index (χ4n) is 2.20. The molecule has 0 spiro atoms. The van der Waals surface area contributed by atoms with Crippen molar-refractivity contribution in [3.05, 3.63) is 34.9 Å².